The molecule has 4 aromatic heterocycles. The van der Waals surface area contributed by atoms with Crippen LogP contribution in [0.2, 0.25) is 0 Å². The van der Waals surface area contributed by atoms with Gasteiger partial charge in [0.05, 0.1) is 23.3 Å². The average Bonchev–Trinajstić information content (AvgIpc) is 3.65. The summed E-state index contributed by atoms with van der Waals surface area (Å²) in [5.41, 5.74) is 3.62. The van der Waals surface area contributed by atoms with Crippen LogP contribution in [0, 0.1) is 0 Å². The predicted octanol–water partition coefficient (Wildman–Crippen LogP) is 5.94. The van der Waals surface area contributed by atoms with Gasteiger partial charge in [0.15, 0.2) is 5.65 Å². The van der Waals surface area contributed by atoms with Crippen LogP contribution in [0.3, 0.4) is 0 Å². The molecule has 0 spiro atoms. The van der Waals surface area contributed by atoms with Crippen LogP contribution in [0.15, 0.2) is 95.5 Å². The van der Waals surface area contributed by atoms with Crippen molar-refractivity contribution in [1.82, 2.24) is 13.9 Å². The average molecular weight is 514 g/mol. The summed E-state index contributed by atoms with van der Waals surface area (Å²) >= 11 is 1.60. The summed E-state index contributed by atoms with van der Waals surface area (Å²) in [4.78, 5) is 20.7. The second-order valence-electron chi connectivity index (χ2n) is 8.13. The van der Waals surface area contributed by atoms with E-state index in [1.54, 1.807) is 66.1 Å². The number of rotatable bonds is 5. The summed E-state index contributed by atoms with van der Waals surface area (Å²) in [6.45, 7) is 0. The van der Waals surface area contributed by atoms with E-state index in [2.05, 4.69) is 9.97 Å². The van der Waals surface area contributed by atoms with Crippen LogP contribution in [0.25, 0.3) is 43.6 Å². The molecule has 178 valence electrons. The molecule has 4 heterocycles. The van der Waals surface area contributed by atoms with Crippen molar-refractivity contribution in [2.75, 3.05) is 7.11 Å². The number of hydrogen-bond acceptors (Lipinski definition) is 6. The Hall–Kier alpha value is -4.21. The Balaban J connectivity index is 1.54. The molecule has 9 heteroatoms. The minimum atomic E-state index is -3.83. The van der Waals surface area contributed by atoms with Crippen LogP contribution in [-0.2, 0) is 14.8 Å². The monoisotopic (exact) mass is 513 g/mol. The van der Waals surface area contributed by atoms with E-state index < -0.39 is 16.0 Å². The number of hydrogen-bond donors (Lipinski definition) is 1. The van der Waals surface area contributed by atoms with E-state index >= 15 is 0 Å². The fourth-order valence-electron chi connectivity index (χ4n) is 4.40. The number of benzene rings is 2. The van der Waals surface area contributed by atoms with Crippen molar-refractivity contribution >= 4 is 48.4 Å². The molecule has 0 aliphatic rings. The minimum Gasteiger partial charge on any atom is -0.465 e. The zero-order chi connectivity index (χ0) is 24.9. The lowest BCUT2D eigenvalue weighted by atomic mass is 10.1. The van der Waals surface area contributed by atoms with Crippen molar-refractivity contribution in [3.8, 4) is 22.5 Å². The number of aromatic amines is 1. The molecule has 2 aromatic carbocycles. The molecule has 6 rings (SSSR count). The second-order valence-corrected chi connectivity index (χ2v) is 10.9. The maximum absolute atomic E-state index is 13.3. The summed E-state index contributed by atoms with van der Waals surface area (Å²) in [5, 5.41) is 3.68. The SMILES string of the molecule is COC(=O)c1cc(-c2ccnc3c2ccn3S(=O)(=O)c2ccccc2)[nH]c1-c1csc2ccccc12. The van der Waals surface area contributed by atoms with Gasteiger partial charge in [-0.05, 0) is 36.4 Å². The van der Waals surface area contributed by atoms with Crippen molar-refractivity contribution in [3.05, 3.63) is 96.1 Å². The van der Waals surface area contributed by atoms with Crippen LogP contribution in [0.1, 0.15) is 10.4 Å². The van der Waals surface area contributed by atoms with E-state index in [9.17, 15) is 13.2 Å². The number of nitrogens with zero attached hydrogens (tertiary/aromatic N) is 2. The zero-order valence-corrected chi connectivity index (χ0v) is 20.6. The molecule has 0 atom stereocenters. The molecule has 1 N–H and O–H groups in total. The van der Waals surface area contributed by atoms with E-state index in [-0.39, 0.29) is 4.90 Å². The number of fused-ring (bicyclic) bond motifs is 2. The van der Waals surface area contributed by atoms with Crippen LogP contribution >= 0.6 is 11.3 Å². The van der Waals surface area contributed by atoms with E-state index in [1.807, 2.05) is 29.6 Å². The van der Waals surface area contributed by atoms with E-state index in [0.717, 1.165) is 21.2 Å². The van der Waals surface area contributed by atoms with Crippen molar-refractivity contribution < 1.29 is 17.9 Å². The van der Waals surface area contributed by atoms with Gasteiger partial charge in [0.1, 0.15) is 0 Å². The molecule has 36 heavy (non-hydrogen) atoms. The molecule has 0 radical (unpaired) electrons. The zero-order valence-electron chi connectivity index (χ0n) is 19.0. The third-order valence-corrected chi connectivity index (χ3v) is 8.76. The van der Waals surface area contributed by atoms with Gasteiger partial charge in [0.25, 0.3) is 10.0 Å². The Morgan fingerprint density at radius 3 is 2.56 bits per heavy atom. The first-order valence-corrected chi connectivity index (χ1v) is 13.4. The van der Waals surface area contributed by atoms with Gasteiger partial charge in [-0.2, -0.15) is 0 Å². The number of esters is 1. The van der Waals surface area contributed by atoms with Gasteiger partial charge in [-0.3, -0.25) is 0 Å². The normalized spacial score (nSPS) is 11.8. The summed E-state index contributed by atoms with van der Waals surface area (Å²) < 4.78 is 33.9. The fraction of sp³-hybridized carbons (Fsp3) is 0.0370. The summed E-state index contributed by atoms with van der Waals surface area (Å²) in [5.74, 6) is -0.461. The minimum absolute atomic E-state index is 0.175. The lowest BCUT2D eigenvalue weighted by Crippen LogP contribution is -2.12. The Morgan fingerprint density at radius 2 is 1.75 bits per heavy atom. The summed E-state index contributed by atoms with van der Waals surface area (Å²) in [6, 6.07) is 21.5. The van der Waals surface area contributed by atoms with E-state index in [4.69, 9.17) is 4.74 Å². The van der Waals surface area contributed by atoms with Gasteiger partial charge in [0.2, 0.25) is 0 Å². The van der Waals surface area contributed by atoms with E-state index in [0.29, 0.717) is 28.0 Å². The topological polar surface area (TPSA) is 94.0 Å². The lowest BCUT2D eigenvalue weighted by Gasteiger charge is -2.07. The lowest BCUT2D eigenvalue weighted by molar-refractivity contribution is 0.0602. The maximum atomic E-state index is 13.3. The Labute approximate surface area is 210 Å². The highest BCUT2D eigenvalue weighted by atomic mass is 32.2. The first-order chi connectivity index (χ1) is 17.5. The Morgan fingerprint density at radius 1 is 0.972 bits per heavy atom. The molecule has 0 unspecified atom stereocenters. The highest BCUT2D eigenvalue weighted by Gasteiger charge is 2.24. The van der Waals surface area contributed by atoms with Crippen molar-refractivity contribution in [2.45, 2.75) is 4.90 Å². The summed E-state index contributed by atoms with van der Waals surface area (Å²) in [7, 11) is -2.48. The predicted molar refractivity (Wildman–Crippen MR) is 141 cm³/mol. The number of methoxy groups -OCH3 is 1. The van der Waals surface area contributed by atoms with Crippen molar-refractivity contribution in [3.63, 3.8) is 0 Å². The van der Waals surface area contributed by atoms with Gasteiger partial charge >= 0.3 is 5.97 Å². The number of pyridine rings is 1. The maximum Gasteiger partial charge on any atom is 0.340 e. The quantitative estimate of drug-likeness (QED) is 0.288. The van der Waals surface area contributed by atoms with Gasteiger partial charge in [-0.15, -0.1) is 11.3 Å². The molecule has 0 saturated heterocycles. The van der Waals surface area contributed by atoms with Gasteiger partial charge in [-0.25, -0.2) is 22.2 Å². The highest BCUT2D eigenvalue weighted by Crippen LogP contribution is 2.38. The molecule has 0 bridgehead atoms. The van der Waals surface area contributed by atoms with Crippen LogP contribution in [-0.4, -0.2) is 35.4 Å². The number of carbonyl (C=O) groups excluding carboxylic acids is 1. The number of thiophene rings is 1. The second kappa shape index (κ2) is 8.47. The summed E-state index contributed by atoms with van der Waals surface area (Å²) in [6.07, 6.45) is 3.06. The molecule has 0 aliphatic heterocycles. The van der Waals surface area contributed by atoms with Crippen molar-refractivity contribution in [1.29, 1.82) is 0 Å². The molecule has 7 nitrogen and oxygen atoms in total. The third-order valence-electron chi connectivity index (χ3n) is 6.12. The number of H-pyrrole nitrogens is 1. The van der Waals surface area contributed by atoms with E-state index in [1.165, 1.54) is 17.3 Å². The van der Waals surface area contributed by atoms with Crippen LogP contribution in [0.5, 0.6) is 0 Å². The standard InChI is InChI=1S/C27H19N3O4S2/c1-34-27(31)21-15-23(29-25(21)22-16-35-24-10-6-5-9-19(22)24)18-11-13-28-26-20(18)12-14-30(26)36(32,33)17-7-3-2-4-8-17/h2-16,29H,1H3. The van der Waals surface area contributed by atoms with Gasteiger partial charge < -0.3 is 9.72 Å². The molecular weight excluding hydrogens is 494 g/mol. The number of ether oxygens (including phenoxy) is 1. The Bertz CT molecular complexity index is 1870. The Kier molecular flexibility index (Phi) is 5.24. The van der Waals surface area contributed by atoms with Crippen molar-refractivity contribution in [2.24, 2.45) is 0 Å². The largest absolute Gasteiger partial charge is 0.465 e. The van der Waals surface area contributed by atoms with Gasteiger partial charge in [0, 0.05) is 50.1 Å². The molecule has 6 aromatic rings. The highest BCUT2D eigenvalue weighted by molar-refractivity contribution is 7.90. The molecular formula is C27H19N3O4S2. The van der Waals surface area contributed by atoms with Crippen LogP contribution in [0.4, 0.5) is 0 Å². The molecule has 0 amide bonds. The first-order valence-electron chi connectivity index (χ1n) is 11.0. The molecule has 0 fully saturated rings. The third kappa shape index (κ3) is 3.43. The smallest absolute Gasteiger partial charge is 0.340 e. The molecule has 0 aliphatic carbocycles. The number of carbonyl (C=O) groups is 1. The van der Waals surface area contributed by atoms with Crippen LogP contribution < -0.4 is 0 Å². The van der Waals surface area contributed by atoms with Gasteiger partial charge in [-0.1, -0.05) is 36.4 Å². The number of nitrogens with one attached hydrogen (secondary N) is 1. The fourth-order valence-corrected chi connectivity index (χ4v) is 6.68. The number of aromatic nitrogens is 3. The molecule has 0 saturated carbocycles. The first kappa shape index (κ1) is 22.3.